The van der Waals surface area contributed by atoms with Crippen molar-refractivity contribution in [3.8, 4) is 0 Å². The second-order valence-corrected chi connectivity index (χ2v) is 9.41. The first-order chi connectivity index (χ1) is 16.0. The predicted octanol–water partition coefficient (Wildman–Crippen LogP) is 3.53. The third kappa shape index (κ3) is 5.11. The van der Waals surface area contributed by atoms with Crippen LogP contribution in [0.5, 0.6) is 0 Å². The molecule has 1 aliphatic heterocycles. The average Bonchev–Trinajstić information content (AvgIpc) is 3.38. The summed E-state index contributed by atoms with van der Waals surface area (Å²) in [5.74, 6) is -0.427. The van der Waals surface area contributed by atoms with Crippen molar-refractivity contribution in [2.24, 2.45) is 0 Å². The molecule has 172 valence electrons. The van der Waals surface area contributed by atoms with Gasteiger partial charge in [-0.05, 0) is 49.9 Å². The lowest BCUT2D eigenvalue weighted by molar-refractivity contribution is -0.129. The summed E-state index contributed by atoms with van der Waals surface area (Å²) in [6.45, 7) is 3.85. The highest BCUT2D eigenvalue weighted by atomic mass is 32.2. The zero-order chi connectivity index (χ0) is 23.4. The van der Waals surface area contributed by atoms with Gasteiger partial charge in [0.15, 0.2) is 5.16 Å². The van der Waals surface area contributed by atoms with Crippen LogP contribution in [-0.4, -0.2) is 51.8 Å². The van der Waals surface area contributed by atoms with E-state index in [4.69, 9.17) is 9.72 Å². The Morgan fingerprint density at radius 3 is 2.55 bits per heavy atom. The van der Waals surface area contributed by atoms with Crippen LogP contribution in [0.15, 0.2) is 58.5 Å². The molecule has 7 nitrogen and oxygen atoms in total. The highest BCUT2D eigenvalue weighted by Gasteiger charge is 2.26. The number of hydrogen-bond donors (Lipinski definition) is 0. The summed E-state index contributed by atoms with van der Waals surface area (Å²) < 4.78 is 6.45. The number of aryl methyl sites for hydroxylation is 1. The van der Waals surface area contributed by atoms with Gasteiger partial charge in [-0.15, -0.1) is 0 Å². The van der Waals surface area contributed by atoms with Crippen molar-refractivity contribution in [1.29, 1.82) is 0 Å². The molecule has 0 N–H and O–H groups in total. The third-order valence-corrected chi connectivity index (χ3v) is 6.93. The molecular weight excluding hydrogens is 438 g/mol. The van der Waals surface area contributed by atoms with E-state index in [-0.39, 0.29) is 16.7 Å². The zero-order valence-corrected chi connectivity index (χ0v) is 19.6. The molecule has 1 atom stereocenters. The summed E-state index contributed by atoms with van der Waals surface area (Å²) in [5.41, 5.74) is 1.68. The maximum absolute atomic E-state index is 13.4. The van der Waals surface area contributed by atoms with Gasteiger partial charge in [-0.1, -0.05) is 42.1 Å². The van der Waals surface area contributed by atoms with Crippen molar-refractivity contribution in [3.05, 3.63) is 70.0 Å². The van der Waals surface area contributed by atoms with Crippen LogP contribution in [0.1, 0.15) is 35.7 Å². The van der Waals surface area contributed by atoms with Crippen LogP contribution in [0.25, 0.3) is 10.9 Å². The summed E-state index contributed by atoms with van der Waals surface area (Å²) >= 11 is 1.29. The van der Waals surface area contributed by atoms with Crippen LogP contribution in [0, 0.1) is 0 Å². The number of esters is 1. The monoisotopic (exact) mass is 465 g/mol. The molecule has 0 spiro atoms. The summed E-state index contributed by atoms with van der Waals surface area (Å²) in [5, 5.41) is 0.531. The van der Waals surface area contributed by atoms with Crippen molar-refractivity contribution < 1.29 is 14.3 Å². The van der Waals surface area contributed by atoms with Gasteiger partial charge in [0, 0.05) is 19.6 Å². The van der Waals surface area contributed by atoms with Gasteiger partial charge in [-0.25, -0.2) is 9.78 Å². The number of ether oxygens (including phenoxy) is 1. The van der Waals surface area contributed by atoms with Gasteiger partial charge in [-0.3, -0.25) is 14.2 Å². The summed E-state index contributed by atoms with van der Waals surface area (Å²) in [7, 11) is 1.31. The molecule has 0 bridgehead atoms. The van der Waals surface area contributed by atoms with Crippen LogP contribution in [-0.2, 0) is 22.5 Å². The van der Waals surface area contributed by atoms with E-state index in [0.29, 0.717) is 34.6 Å². The van der Waals surface area contributed by atoms with Crippen molar-refractivity contribution in [2.75, 3.05) is 20.2 Å². The molecule has 2 heterocycles. The van der Waals surface area contributed by atoms with Gasteiger partial charge in [0.2, 0.25) is 5.91 Å². The first-order valence-electron chi connectivity index (χ1n) is 11.1. The van der Waals surface area contributed by atoms with E-state index in [1.54, 1.807) is 22.8 Å². The number of carbonyl (C=O) groups excluding carboxylic acids is 2. The van der Waals surface area contributed by atoms with Crippen LogP contribution < -0.4 is 5.56 Å². The quantitative estimate of drug-likeness (QED) is 0.302. The Kier molecular flexibility index (Phi) is 7.13. The van der Waals surface area contributed by atoms with Crippen molar-refractivity contribution >= 4 is 34.5 Å². The number of carbonyl (C=O) groups is 2. The van der Waals surface area contributed by atoms with E-state index in [9.17, 15) is 14.4 Å². The molecule has 0 saturated carbocycles. The van der Waals surface area contributed by atoms with Gasteiger partial charge in [0.1, 0.15) is 0 Å². The Bertz CT molecular complexity index is 1220. The molecule has 8 heteroatoms. The molecule has 3 aromatic rings. The number of thioether (sulfide) groups is 1. The van der Waals surface area contributed by atoms with E-state index in [1.165, 1.54) is 18.9 Å². The molecule has 4 rings (SSSR count). The van der Waals surface area contributed by atoms with E-state index in [0.717, 1.165) is 31.5 Å². The Balaban J connectivity index is 1.71. The Hall–Kier alpha value is -3.13. The number of methoxy groups -OCH3 is 1. The SMILES string of the molecule is COC(=O)c1ccc2c(=O)n(CCc3ccccc3)c(SC(C)C(=O)N3CCCC3)nc2c1. The topological polar surface area (TPSA) is 81.5 Å². The van der Waals surface area contributed by atoms with E-state index in [2.05, 4.69) is 0 Å². The number of likely N-dealkylation sites (tertiary alicyclic amines) is 1. The van der Waals surface area contributed by atoms with E-state index >= 15 is 0 Å². The predicted molar refractivity (Wildman–Crippen MR) is 129 cm³/mol. The lowest BCUT2D eigenvalue weighted by atomic mass is 10.1. The zero-order valence-electron chi connectivity index (χ0n) is 18.8. The van der Waals surface area contributed by atoms with Crippen LogP contribution in [0.2, 0.25) is 0 Å². The number of fused-ring (bicyclic) bond motifs is 1. The number of amides is 1. The maximum Gasteiger partial charge on any atom is 0.337 e. The number of benzene rings is 2. The molecular formula is C25H27N3O4S. The first-order valence-corrected chi connectivity index (χ1v) is 12.0. The molecule has 33 heavy (non-hydrogen) atoms. The number of aromatic nitrogens is 2. The fourth-order valence-corrected chi connectivity index (χ4v) is 5.04. The maximum atomic E-state index is 13.4. The smallest absolute Gasteiger partial charge is 0.337 e. The molecule has 1 saturated heterocycles. The van der Waals surface area contributed by atoms with Gasteiger partial charge in [0.05, 0.1) is 28.8 Å². The second-order valence-electron chi connectivity index (χ2n) is 8.10. The molecule has 0 aliphatic carbocycles. The van der Waals surface area contributed by atoms with Gasteiger partial charge in [0.25, 0.3) is 5.56 Å². The number of nitrogens with zero attached hydrogens (tertiary/aromatic N) is 3. The lowest BCUT2D eigenvalue weighted by Crippen LogP contribution is -2.34. The molecule has 1 fully saturated rings. The summed E-state index contributed by atoms with van der Waals surface area (Å²) in [6, 6.07) is 14.7. The fraction of sp³-hybridized carbons (Fsp3) is 0.360. The molecule has 2 aromatic carbocycles. The van der Waals surface area contributed by atoms with Crippen LogP contribution in [0.3, 0.4) is 0 Å². The number of rotatable bonds is 7. The molecule has 1 unspecified atom stereocenters. The summed E-state index contributed by atoms with van der Waals surface area (Å²) in [6.07, 6.45) is 2.71. The Morgan fingerprint density at radius 2 is 1.85 bits per heavy atom. The minimum absolute atomic E-state index is 0.0600. The molecule has 1 aromatic heterocycles. The normalized spacial score (nSPS) is 14.4. The standard InChI is InChI=1S/C25H27N3O4S/c1-17(22(29)27-13-6-7-14-27)33-25-26-21-16-19(24(31)32-2)10-11-20(21)23(30)28(25)15-12-18-8-4-3-5-9-18/h3-5,8-11,16-17H,6-7,12-15H2,1-2H3. The summed E-state index contributed by atoms with van der Waals surface area (Å²) in [4.78, 5) is 44.9. The third-order valence-electron chi connectivity index (χ3n) is 5.86. The minimum atomic E-state index is -0.487. The van der Waals surface area contributed by atoms with Crippen molar-refractivity contribution in [3.63, 3.8) is 0 Å². The van der Waals surface area contributed by atoms with Crippen LogP contribution >= 0.6 is 11.8 Å². The fourth-order valence-electron chi connectivity index (χ4n) is 4.02. The van der Waals surface area contributed by atoms with Crippen molar-refractivity contribution in [2.45, 2.75) is 43.1 Å². The minimum Gasteiger partial charge on any atom is -0.465 e. The molecule has 1 amide bonds. The first kappa shape index (κ1) is 23.0. The van der Waals surface area contributed by atoms with E-state index in [1.807, 2.05) is 42.2 Å². The Labute approximate surface area is 196 Å². The molecule has 1 aliphatic rings. The van der Waals surface area contributed by atoms with E-state index < -0.39 is 5.97 Å². The highest BCUT2D eigenvalue weighted by molar-refractivity contribution is 8.00. The van der Waals surface area contributed by atoms with Gasteiger partial charge in [-0.2, -0.15) is 0 Å². The highest BCUT2D eigenvalue weighted by Crippen LogP contribution is 2.26. The van der Waals surface area contributed by atoms with Gasteiger partial charge < -0.3 is 9.64 Å². The molecule has 0 radical (unpaired) electrons. The lowest BCUT2D eigenvalue weighted by Gasteiger charge is -2.21. The van der Waals surface area contributed by atoms with Gasteiger partial charge >= 0.3 is 5.97 Å². The van der Waals surface area contributed by atoms with Crippen molar-refractivity contribution in [1.82, 2.24) is 14.5 Å². The van der Waals surface area contributed by atoms with Crippen LogP contribution in [0.4, 0.5) is 0 Å². The second kappa shape index (κ2) is 10.2. The largest absolute Gasteiger partial charge is 0.465 e. The average molecular weight is 466 g/mol. The number of hydrogen-bond acceptors (Lipinski definition) is 6. The Morgan fingerprint density at radius 1 is 1.12 bits per heavy atom.